The van der Waals surface area contributed by atoms with Crippen LogP contribution in [0.15, 0.2) is 66.7 Å². The number of fused-ring (bicyclic) bond motifs is 1. The summed E-state index contributed by atoms with van der Waals surface area (Å²) in [4.78, 5) is 28.1. The largest absolute Gasteiger partial charge is 0.496 e. The van der Waals surface area contributed by atoms with E-state index in [1.54, 1.807) is 19.2 Å². The fourth-order valence-electron chi connectivity index (χ4n) is 5.93. The molecule has 2 unspecified atom stereocenters. The standard InChI is InChI=1S/C33H34N2O5/c1-39-30-18-16-25-21-35(32(36)31(24-7-3-2-4-8-24)40-26-9-5-6-10-26)29(33(37)38)19-28(25)27(30)17-15-22-11-13-23(20-34)14-12-22/h2-4,7-8,11-14,16,18,26,29,31H,5-6,9-10,15,17,19,21H2,1H3,(H,37,38). The van der Waals surface area contributed by atoms with Crippen LogP contribution in [0.3, 0.4) is 0 Å². The van der Waals surface area contributed by atoms with Gasteiger partial charge in [0.1, 0.15) is 11.8 Å². The molecule has 1 amide bonds. The maximum atomic E-state index is 14.1. The molecular weight excluding hydrogens is 504 g/mol. The SMILES string of the molecule is COc1ccc2c(c1CCc1ccc(C#N)cc1)CC(C(=O)O)N(C(=O)C(OC1CCCC1)c1ccccc1)C2. The number of nitrogens with zero attached hydrogens (tertiary/aromatic N) is 2. The molecule has 1 aliphatic carbocycles. The Bertz CT molecular complexity index is 1390. The molecule has 40 heavy (non-hydrogen) atoms. The molecule has 1 heterocycles. The predicted molar refractivity (Wildman–Crippen MR) is 150 cm³/mol. The van der Waals surface area contributed by atoms with Gasteiger partial charge in [-0.15, -0.1) is 0 Å². The van der Waals surface area contributed by atoms with Gasteiger partial charge in [0.2, 0.25) is 0 Å². The molecule has 0 saturated heterocycles. The lowest BCUT2D eigenvalue weighted by Crippen LogP contribution is -2.51. The van der Waals surface area contributed by atoms with E-state index in [9.17, 15) is 14.7 Å². The Hall–Kier alpha value is -4.15. The van der Waals surface area contributed by atoms with Crippen LogP contribution in [0.2, 0.25) is 0 Å². The number of carboxylic acid groups (broad SMARTS) is 1. The first-order chi connectivity index (χ1) is 19.5. The number of rotatable bonds is 9. The van der Waals surface area contributed by atoms with Crippen molar-refractivity contribution in [1.82, 2.24) is 4.90 Å². The third kappa shape index (κ3) is 5.88. The number of carbonyl (C=O) groups is 2. The van der Waals surface area contributed by atoms with E-state index in [4.69, 9.17) is 14.7 Å². The lowest BCUT2D eigenvalue weighted by Gasteiger charge is -2.38. The first-order valence-electron chi connectivity index (χ1n) is 13.9. The Morgan fingerprint density at radius 3 is 2.40 bits per heavy atom. The van der Waals surface area contributed by atoms with Gasteiger partial charge < -0.3 is 19.5 Å². The highest BCUT2D eigenvalue weighted by molar-refractivity contribution is 5.88. The van der Waals surface area contributed by atoms with Crippen molar-refractivity contribution < 1.29 is 24.2 Å². The van der Waals surface area contributed by atoms with Crippen molar-refractivity contribution in [2.24, 2.45) is 0 Å². The van der Waals surface area contributed by atoms with E-state index >= 15 is 0 Å². The molecule has 1 fully saturated rings. The summed E-state index contributed by atoms with van der Waals surface area (Å²) in [6, 6.07) is 21.8. The van der Waals surface area contributed by atoms with Crippen molar-refractivity contribution in [1.29, 1.82) is 5.26 Å². The van der Waals surface area contributed by atoms with E-state index in [0.29, 0.717) is 24.2 Å². The van der Waals surface area contributed by atoms with Crippen LogP contribution < -0.4 is 4.74 Å². The van der Waals surface area contributed by atoms with Crippen LogP contribution in [-0.4, -0.2) is 41.1 Å². The number of amides is 1. The summed E-state index contributed by atoms with van der Waals surface area (Å²) in [5, 5.41) is 19.4. The minimum absolute atomic E-state index is 0.00685. The van der Waals surface area contributed by atoms with Crippen molar-refractivity contribution in [3.05, 3.63) is 100 Å². The number of hydrogen-bond donors (Lipinski definition) is 1. The molecule has 0 spiro atoms. The van der Waals surface area contributed by atoms with Gasteiger partial charge >= 0.3 is 5.97 Å². The Morgan fingerprint density at radius 2 is 1.75 bits per heavy atom. The molecular formula is C33H34N2O5. The quantitative estimate of drug-likeness (QED) is 0.392. The number of carbonyl (C=O) groups excluding carboxylic acids is 1. The summed E-state index contributed by atoms with van der Waals surface area (Å²) in [6.07, 6.45) is 4.66. The highest BCUT2D eigenvalue weighted by Crippen LogP contribution is 2.36. The molecule has 7 heteroatoms. The Morgan fingerprint density at radius 1 is 1.02 bits per heavy atom. The van der Waals surface area contributed by atoms with Crippen LogP contribution in [-0.2, 0) is 40.1 Å². The Balaban J connectivity index is 1.44. The normalized spacial score (nSPS) is 17.6. The first-order valence-corrected chi connectivity index (χ1v) is 13.9. The van der Waals surface area contributed by atoms with Crippen molar-refractivity contribution >= 4 is 11.9 Å². The maximum Gasteiger partial charge on any atom is 0.326 e. The molecule has 0 aromatic heterocycles. The van der Waals surface area contributed by atoms with E-state index in [1.807, 2.05) is 54.6 Å². The smallest absolute Gasteiger partial charge is 0.326 e. The summed E-state index contributed by atoms with van der Waals surface area (Å²) in [5.74, 6) is -0.637. The van der Waals surface area contributed by atoms with Gasteiger partial charge in [-0.05, 0) is 71.7 Å². The zero-order valence-electron chi connectivity index (χ0n) is 22.7. The third-order valence-electron chi connectivity index (χ3n) is 8.09. The molecule has 1 saturated carbocycles. The van der Waals surface area contributed by atoms with Gasteiger partial charge in [0.15, 0.2) is 6.10 Å². The number of benzene rings is 3. The number of aliphatic carboxylic acids is 1. The van der Waals surface area contributed by atoms with E-state index < -0.39 is 18.1 Å². The molecule has 0 radical (unpaired) electrons. The van der Waals surface area contributed by atoms with E-state index in [2.05, 4.69) is 6.07 Å². The zero-order chi connectivity index (χ0) is 28.1. The van der Waals surface area contributed by atoms with E-state index in [0.717, 1.165) is 53.5 Å². The molecule has 3 aromatic rings. The van der Waals surface area contributed by atoms with Gasteiger partial charge in [-0.1, -0.05) is 61.4 Å². The summed E-state index contributed by atoms with van der Waals surface area (Å²) in [5.41, 5.74) is 5.25. The third-order valence-corrected chi connectivity index (χ3v) is 8.09. The second-order valence-electron chi connectivity index (χ2n) is 10.6. The summed E-state index contributed by atoms with van der Waals surface area (Å²) in [6.45, 7) is 0.191. The average Bonchev–Trinajstić information content (AvgIpc) is 3.51. The summed E-state index contributed by atoms with van der Waals surface area (Å²) >= 11 is 0. The van der Waals surface area contributed by atoms with Crippen molar-refractivity contribution in [3.63, 3.8) is 0 Å². The van der Waals surface area contributed by atoms with Crippen molar-refractivity contribution in [2.75, 3.05) is 7.11 Å². The number of methoxy groups -OCH3 is 1. The molecule has 1 N–H and O–H groups in total. The Kier molecular flexibility index (Phi) is 8.47. The first kappa shape index (κ1) is 27.4. The minimum atomic E-state index is -1.03. The zero-order valence-corrected chi connectivity index (χ0v) is 22.7. The van der Waals surface area contributed by atoms with Crippen molar-refractivity contribution in [2.45, 2.75) is 69.7 Å². The summed E-state index contributed by atoms with van der Waals surface area (Å²) in [7, 11) is 1.62. The van der Waals surface area contributed by atoms with E-state index in [1.165, 1.54) is 4.90 Å². The number of hydrogen-bond acceptors (Lipinski definition) is 5. The van der Waals surface area contributed by atoms with Gasteiger partial charge in [0.25, 0.3) is 5.91 Å². The topological polar surface area (TPSA) is 99.9 Å². The summed E-state index contributed by atoms with van der Waals surface area (Å²) < 4.78 is 12.1. The van der Waals surface area contributed by atoms with Crippen LogP contribution >= 0.6 is 0 Å². The van der Waals surface area contributed by atoms with E-state index in [-0.39, 0.29) is 25.0 Å². The Labute approximate surface area is 235 Å². The van der Waals surface area contributed by atoms with Crippen LogP contribution in [0.1, 0.15) is 65.2 Å². The molecule has 7 nitrogen and oxygen atoms in total. The second kappa shape index (κ2) is 12.4. The molecule has 206 valence electrons. The lowest BCUT2D eigenvalue weighted by atomic mass is 9.86. The van der Waals surface area contributed by atoms with Crippen LogP contribution in [0.4, 0.5) is 0 Å². The highest BCUT2D eigenvalue weighted by Gasteiger charge is 2.40. The molecule has 1 aliphatic heterocycles. The monoisotopic (exact) mass is 538 g/mol. The minimum Gasteiger partial charge on any atom is -0.496 e. The van der Waals surface area contributed by atoms with Gasteiger partial charge in [0.05, 0.1) is 24.8 Å². The molecule has 0 bridgehead atoms. The lowest BCUT2D eigenvalue weighted by molar-refractivity contribution is -0.160. The fraction of sp³-hybridized carbons (Fsp3) is 0.364. The van der Waals surface area contributed by atoms with Gasteiger partial charge in [-0.2, -0.15) is 5.26 Å². The van der Waals surface area contributed by atoms with Gasteiger partial charge in [0, 0.05) is 13.0 Å². The number of nitriles is 1. The maximum absolute atomic E-state index is 14.1. The second-order valence-corrected chi connectivity index (χ2v) is 10.6. The number of ether oxygens (including phenoxy) is 2. The average molecular weight is 539 g/mol. The number of carboxylic acids is 1. The van der Waals surface area contributed by atoms with Crippen LogP contribution in [0, 0.1) is 11.3 Å². The molecule has 2 atom stereocenters. The number of aryl methyl sites for hydroxylation is 1. The fourth-order valence-corrected chi connectivity index (χ4v) is 5.93. The molecule has 2 aliphatic rings. The predicted octanol–water partition coefficient (Wildman–Crippen LogP) is 5.39. The van der Waals surface area contributed by atoms with Crippen LogP contribution in [0.25, 0.3) is 0 Å². The molecule has 3 aromatic carbocycles. The highest BCUT2D eigenvalue weighted by atomic mass is 16.5. The van der Waals surface area contributed by atoms with Crippen molar-refractivity contribution in [3.8, 4) is 11.8 Å². The van der Waals surface area contributed by atoms with Gasteiger partial charge in [-0.3, -0.25) is 4.79 Å². The van der Waals surface area contributed by atoms with Crippen LogP contribution in [0.5, 0.6) is 5.75 Å². The molecule has 5 rings (SSSR count). The van der Waals surface area contributed by atoms with Gasteiger partial charge in [-0.25, -0.2) is 4.79 Å².